The van der Waals surface area contributed by atoms with Gasteiger partial charge in [0.25, 0.3) is 0 Å². The summed E-state index contributed by atoms with van der Waals surface area (Å²) < 4.78 is 68.6. The molecule has 0 aromatic rings. The van der Waals surface area contributed by atoms with Crippen LogP contribution in [0.1, 0.15) is 421 Å². The first-order valence-corrected chi connectivity index (χ1v) is 44.9. The first-order chi connectivity index (χ1) is 48.3. The van der Waals surface area contributed by atoms with E-state index in [1.54, 1.807) is 0 Å². The lowest BCUT2D eigenvalue weighted by Gasteiger charge is -2.21. The molecule has 3 N–H and O–H groups in total. The van der Waals surface area contributed by atoms with Gasteiger partial charge in [0.15, 0.2) is 12.2 Å². The van der Waals surface area contributed by atoms with Crippen LogP contribution in [0.2, 0.25) is 0 Å². The highest BCUT2D eigenvalue weighted by Crippen LogP contribution is 2.45. The molecule has 0 radical (unpaired) electrons. The van der Waals surface area contributed by atoms with Crippen LogP contribution in [0.3, 0.4) is 0 Å². The molecule has 3 unspecified atom stereocenters. The number of carbonyl (C=O) groups excluding carboxylic acids is 4. The summed E-state index contributed by atoms with van der Waals surface area (Å²) in [6.07, 6.45) is 60.0. The molecule has 0 bridgehead atoms. The van der Waals surface area contributed by atoms with Gasteiger partial charge in [0.1, 0.15) is 19.3 Å². The third-order valence-corrected chi connectivity index (χ3v) is 21.1. The Morgan fingerprint density at radius 1 is 0.290 bits per heavy atom. The van der Waals surface area contributed by atoms with Crippen molar-refractivity contribution in [3.8, 4) is 0 Å². The molecule has 0 aromatic heterocycles. The van der Waals surface area contributed by atoms with Crippen LogP contribution >= 0.6 is 15.6 Å². The molecule has 0 aliphatic heterocycles. The van der Waals surface area contributed by atoms with Crippen molar-refractivity contribution in [2.75, 3.05) is 39.6 Å². The lowest BCUT2D eigenvalue weighted by Crippen LogP contribution is -2.30. The van der Waals surface area contributed by atoms with Crippen molar-refractivity contribution in [3.05, 3.63) is 0 Å². The van der Waals surface area contributed by atoms with Crippen molar-refractivity contribution < 1.29 is 80.2 Å². The van der Waals surface area contributed by atoms with Gasteiger partial charge in [-0.1, -0.05) is 370 Å². The molecule has 6 atom stereocenters. The molecule has 19 heteroatoms. The number of hydrogen-bond acceptors (Lipinski definition) is 15. The molecule has 0 fully saturated rings. The zero-order valence-corrected chi connectivity index (χ0v) is 67.5. The van der Waals surface area contributed by atoms with E-state index >= 15 is 0 Å². The van der Waals surface area contributed by atoms with Crippen molar-refractivity contribution in [3.63, 3.8) is 0 Å². The number of aliphatic hydroxyl groups excluding tert-OH is 1. The third kappa shape index (κ3) is 73.0. The summed E-state index contributed by atoms with van der Waals surface area (Å²) in [5, 5.41) is 10.6. The Hall–Kier alpha value is -1.94. The average Bonchev–Trinajstić information content (AvgIpc) is 0.940. The predicted octanol–water partition coefficient (Wildman–Crippen LogP) is 24.1. The van der Waals surface area contributed by atoms with Gasteiger partial charge in [-0.05, 0) is 43.4 Å². The number of rotatable bonds is 79. The molecule has 594 valence electrons. The minimum atomic E-state index is -4.96. The van der Waals surface area contributed by atoms with E-state index in [9.17, 15) is 43.2 Å². The van der Waals surface area contributed by atoms with Crippen molar-refractivity contribution in [2.45, 2.75) is 439 Å². The summed E-state index contributed by atoms with van der Waals surface area (Å²) >= 11 is 0. The Kier molecular flexibility index (Phi) is 69.9. The molecule has 0 spiro atoms. The van der Waals surface area contributed by atoms with E-state index in [4.69, 9.17) is 37.0 Å². The summed E-state index contributed by atoms with van der Waals surface area (Å²) in [5.74, 6) is 0.122. The fourth-order valence-electron chi connectivity index (χ4n) is 12.5. The molecule has 0 amide bonds. The molecule has 0 aliphatic carbocycles. The maximum Gasteiger partial charge on any atom is 0.472 e. The van der Waals surface area contributed by atoms with Gasteiger partial charge in [-0.3, -0.25) is 37.3 Å². The van der Waals surface area contributed by atoms with E-state index in [1.807, 2.05) is 0 Å². The number of phosphoric ester groups is 2. The summed E-state index contributed by atoms with van der Waals surface area (Å²) in [5.41, 5.74) is 0. The van der Waals surface area contributed by atoms with Crippen LogP contribution in [0.15, 0.2) is 0 Å². The second-order valence-corrected chi connectivity index (χ2v) is 33.3. The molecule has 17 nitrogen and oxygen atoms in total. The first kappa shape index (κ1) is 98.1. The van der Waals surface area contributed by atoms with E-state index in [2.05, 4.69) is 48.5 Å². The van der Waals surface area contributed by atoms with E-state index in [0.29, 0.717) is 31.6 Å². The van der Waals surface area contributed by atoms with Crippen molar-refractivity contribution in [1.29, 1.82) is 0 Å². The van der Waals surface area contributed by atoms with Crippen molar-refractivity contribution >= 4 is 39.5 Å². The summed E-state index contributed by atoms with van der Waals surface area (Å²) in [4.78, 5) is 72.9. The predicted molar refractivity (Wildman–Crippen MR) is 409 cm³/mol. The lowest BCUT2D eigenvalue weighted by molar-refractivity contribution is -0.161. The maximum absolute atomic E-state index is 13.1. The number of carbonyl (C=O) groups is 4. The third-order valence-electron chi connectivity index (χ3n) is 19.2. The number of esters is 4. The number of unbranched alkanes of at least 4 members (excludes halogenated alkanes) is 46. The Bertz CT molecular complexity index is 1940. The van der Waals surface area contributed by atoms with Gasteiger partial charge in [0.05, 0.1) is 26.4 Å². The summed E-state index contributed by atoms with van der Waals surface area (Å²) in [6.45, 7) is 11.9. The van der Waals surface area contributed by atoms with Gasteiger partial charge in [-0.25, -0.2) is 9.13 Å². The molecule has 0 rings (SSSR count). The highest BCUT2D eigenvalue weighted by Gasteiger charge is 2.30. The van der Waals surface area contributed by atoms with Gasteiger partial charge in [0, 0.05) is 25.7 Å². The Labute approximate surface area is 613 Å². The minimum absolute atomic E-state index is 0.103. The maximum atomic E-state index is 13.1. The minimum Gasteiger partial charge on any atom is -0.462 e. The Morgan fingerprint density at radius 2 is 0.510 bits per heavy atom. The number of aliphatic hydroxyl groups is 1. The highest BCUT2D eigenvalue weighted by atomic mass is 31.2. The van der Waals surface area contributed by atoms with Gasteiger partial charge in [0.2, 0.25) is 0 Å². The zero-order valence-electron chi connectivity index (χ0n) is 65.7. The van der Waals surface area contributed by atoms with E-state index < -0.39 is 97.5 Å². The molecule has 0 saturated heterocycles. The van der Waals surface area contributed by atoms with Crippen molar-refractivity contribution in [1.82, 2.24) is 0 Å². The number of hydrogen-bond donors (Lipinski definition) is 3. The van der Waals surface area contributed by atoms with E-state index in [0.717, 1.165) is 108 Å². The van der Waals surface area contributed by atoms with Crippen LogP contribution in [-0.2, 0) is 65.4 Å². The SMILES string of the molecule is CCCCCCCCCCCCCCCCCCCCCCCC(=O)O[C@H](COC(=O)CCCCCCCCCCCCCCCCCCC(C)C)COP(=O)(O)OC[C@@H](O)COP(=O)(O)OC[C@@H](COC(=O)CCCCCCCCC(C)CC)OC(=O)CCCCCCCCCC(C)C. The van der Waals surface area contributed by atoms with Gasteiger partial charge in [-0.2, -0.15) is 0 Å². The Balaban J connectivity index is 5.19. The molecular weight excluding hydrogens is 1310 g/mol. The van der Waals surface area contributed by atoms with Crippen LogP contribution < -0.4 is 0 Å². The average molecular weight is 1470 g/mol. The fourth-order valence-corrected chi connectivity index (χ4v) is 14.0. The van der Waals surface area contributed by atoms with E-state index in [-0.39, 0.29) is 25.7 Å². The second kappa shape index (κ2) is 71.3. The molecule has 0 heterocycles. The van der Waals surface area contributed by atoms with Gasteiger partial charge >= 0.3 is 39.5 Å². The van der Waals surface area contributed by atoms with Crippen LogP contribution in [-0.4, -0.2) is 96.7 Å². The quantitative estimate of drug-likeness (QED) is 0.0222. The summed E-state index contributed by atoms with van der Waals surface area (Å²) in [6, 6.07) is 0. The Morgan fingerprint density at radius 3 is 0.760 bits per heavy atom. The number of phosphoric acid groups is 2. The topological polar surface area (TPSA) is 237 Å². The molecule has 0 saturated carbocycles. The molecule has 0 aromatic carbocycles. The molecular formula is C81H158O17P2. The smallest absolute Gasteiger partial charge is 0.462 e. The summed E-state index contributed by atoms with van der Waals surface area (Å²) in [7, 11) is -9.92. The largest absolute Gasteiger partial charge is 0.472 e. The fraction of sp³-hybridized carbons (Fsp3) is 0.951. The normalized spacial score (nSPS) is 14.2. The monoisotopic (exact) mass is 1470 g/mol. The van der Waals surface area contributed by atoms with Crippen LogP contribution in [0.4, 0.5) is 0 Å². The van der Waals surface area contributed by atoms with Gasteiger partial charge in [-0.15, -0.1) is 0 Å². The highest BCUT2D eigenvalue weighted by molar-refractivity contribution is 7.47. The number of ether oxygens (including phenoxy) is 4. The van der Waals surface area contributed by atoms with E-state index in [1.165, 1.54) is 225 Å². The lowest BCUT2D eigenvalue weighted by atomic mass is 10.00. The van der Waals surface area contributed by atoms with Crippen LogP contribution in [0, 0.1) is 17.8 Å². The first-order valence-electron chi connectivity index (χ1n) is 41.9. The van der Waals surface area contributed by atoms with Crippen molar-refractivity contribution in [2.24, 2.45) is 17.8 Å². The second-order valence-electron chi connectivity index (χ2n) is 30.4. The standard InChI is InChI=1S/C81H158O17P2/c1-8-10-11-12-13-14-15-16-17-18-19-20-21-22-27-30-33-36-41-50-57-64-80(85)97-76(68-91-78(83)62-55-48-40-35-32-29-26-24-23-25-28-31-34-38-45-52-59-72(3)4)70-95-99(87,88)93-66-75(82)67-94-100(89,90)96-71-77(98-81(86)65-58-51-42-37-39-46-53-60-73(5)6)69-92-79(84)63-56-49-44-43-47-54-61-74(7)9-2/h72-77,82H,8-71H2,1-7H3,(H,87,88)(H,89,90)/t74?,75-,76-,77-/m1/s1. The molecule has 0 aliphatic rings. The molecule has 100 heavy (non-hydrogen) atoms. The van der Waals surface area contributed by atoms with Gasteiger partial charge < -0.3 is 33.8 Å². The van der Waals surface area contributed by atoms with Crippen LogP contribution in [0.5, 0.6) is 0 Å². The zero-order chi connectivity index (χ0) is 73.7. The van der Waals surface area contributed by atoms with Crippen LogP contribution in [0.25, 0.3) is 0 Å².